The van der Waals surface area contributed by atoms with Crippen molar-refractivity contribution in [2.45, 2.75) is 32.0 Å². The first-order valence-corrected chi connectivity index (χ1v) is 8.31. The second-order valence-electron chi connectivity index (χ2n) is 6.52. The average Bonchev–Trinajstić information content (AvgIpc) is 2.99. The Morgan fingerprint density at radius 3 is 2.60 bits per heavy atom. The van der Waals surface area contributed by atoms with Crippen LogP contribution in [0.3, 0.4) is 0 Å². The molecule has 0 radical (unpaired) electrons. The molecule has 2 saturated heterocycles. The zero-order valence-electron chi connectivity index (χ0n) is 13.9. The van der Waals surface area contributed by atoms with E-state index in [1.165, 1.54) is 11.0 Å². The van der Waals surface area contributed by atoms with Gasteiger partial charge in [0.15, 0.2) is 0 Å². The number of benzene rings is 1. The lowest BCUT2D eigenvalue weighted by atomic mass is 10.1. The molecule has 2 aliphatic rings. The van der Waals surface area contributed by atoms with Crippen LogP contribution in [0.1, 0.15) is 35.7 Å². The molecule has 1 N–H and O–H groups in total. The molecule has 0 saturated carbocycles. The third-order valence-corrected chi connectivity index (χ3v) is 4.53. The number of nitrogens with zero attached hydrogens (tertiary/aromatic N) is 2. The summed E-state index contributed by atoms with van der Waals surface area (Å²) < 4.78 is 39.8. The van der Waals surface area contributed by atoms with Crippen molar-refractivity contribution in [3.05, 3.63) is 29.3 Å². The maximum atomic E-state index is 13.3. The first-order chi connectivity index (χ1) is 11.8. The topological polar surface area (TPSA) is 52.7 Å². The van der Waals surface area contributed by atoms with Gasteiger partial charge in [-0.15, -0.1) is 0 Å². The number of carbonyl (C=O) groups is 2. The van der Waals surface area contributed by atoms with Crippen LogP contribution in [0.2, 0.25) is 0 Å². The summed E-state index contributed by atoms with van der Waals surface area (Å²) in [5.74, 6) is -0.652. The van der Waals surface area contributed by atoms with Gasteiger partial charge in [0.25, 0.3) is 5.91 Å². The van der Waals surface area contributed by atoms with Gasteiger partial charge in [-0.25, -0.2) is 0 Å². The Hall–Kier alpha value is -2.09. The Kier molecular flexibility index (Phi) is 4.73. The molecule has 0 bridgehead atoms. The number of hydrogen-bond donors (Lipinski definition) is 1. The molecule has 2 aliphatic heterocycles. The van der Waals surface area contributed by atoms with Crippen LogP contribution < -0.4 is 10.2 Å². The molecule has 8 heteroatoms. The van der Waals surface area contributed by atoms with Gasteiger partial charge in [-0.05, 0) is 31.5 Å². The van der Waals surface area contributed by atoms with E-state index in [1.54, 1.807) is 4.90 Å². The Morgan fingerprint density at radius 1 is 1.24 bits per heavy atom. The zero-order valence-corrected chi connectivity index (χ0v) is 13.9. The number of anilines is 1. The van der Waals surface area contributed by atoms with E-state index in [0.717, 1.165) is 12.1 Å². The summed E-state index contributed by atoms with van der Waals surface area (Å²) in [6.45, 7) is 3.77. The van der Waals surface area contributed by atoms with Gasteiger partial charge in [-0.2, -0.15) is 13.2 Å². The summed E-state index contributed by atoms with van der Waals surface area (Å²) in [5, 5.41) is 3.19. The first-order valence-electron chi connectivity index (χ1n) is 8.31. The molecular weight excluding hydrogens is 335 g/mol. The van der Waals surface area contributed by atoms with Crippen molar-refractivity contribution in [2.75, 3.05) is 31.1 Å². The Morgan fingerprint density at radius 2 is 2.00 bits per heavy atom. The van der Waals surface area contributed by atoms with Crippen molar-refractivity contribution >= 4 is 17.5 Å². The van der Waals surface area contributed by atoms with Crippen LogP contribution in [0.5, 0.6) is 0 Å². The fraction of sp³-hybridized carbons (Fsp3) is 0.529. The van der Waals surface area contributed by atoms with E-state index in [2.05, 4.69) is 5.32 Å². The molecule has 2 heterocycles. The van der Waals surface area contributed by atoms with E-state index in [0.29, 0.717) is 39.0 Å². The number of nitrogens with one attached hydrogen (secondary N) is 1. The van der Waals surface area contributed by atoms with E-state index in [4.69, 9.17) is 0 Å². The minimum Gasteiger partial charge on any atom is -0.336 e. The van der Waals surface area contributed by atoms with Crippen molar-refractivity contribution in [3.63, 3.8) is 0 Å². The molecule has 1 aromatic carbocycles. The third-order valence-electron chi connectivity index (χ3n) is 4.53. The fourth-order valence-corrected chi connectivity index (χ4v) is 3.27. The van der Waals surface area contributed by atoms with E-state index in [-0.39, 0.29) is 23.2 Å². The molecule has 1 atom stereocenters. The van der Waals surface area contributed by atoms with Gasteiger partial charge in [0.1, 0.15) is 0 Å². The van der Waals surface area contributed by atoms with E-state index in [9.17, 15) is 22.8 Å². The van der Waals surface area contributed by atoms with Gasteiger partial charge in [0.05, 0.1) is 5.56 Å². The van der Waals surface area contributed by atoms with Gasteiger partial charge in [0.2, 0.25) is 5.91 Å². The standard InChI is InChI=1S/C17H20F3N3O2/c1-11-10-22(6-4-21-11)16(25)12-7-13(17(18,19)20)9-14(8-12)23-5-2-3-15(23)24/h7-9,11,21H,2-6,10H2,1H3/t11-/m1/s1. The number of amides is 2. The van der Waals surface area contributed by atoms with Gasteiger partial charge >= 0.3 is 6.18 Å². The summed E-state index contributed by atoms with van der Waals surface area (Å²) in [5.41, 5.74) is -0.793. The highest BCUT2D eigenvalue weighted by Crippen LogP contribution is 2.34. The van der Waals surface area contributed by atoms with Crippen molar-refractivity contribution in [1.82, 2.24) is 10.2 Å². The maximum Gasteiger partial charge on any atom is 0.416 e. The Bertz CT molecular complexity index is 690. The minimum absolute atomic E-state index is 0.0291. The van der Waals surface area contributed by atoms with Crippen LogP contribution in [-0.4, -0.2) is 48.9 Å². The van der Waals surface area contributed by atoms with E-state index >= 15 is 0 Å². The van der Waals surface area contributed by atoms with Crippen molar-refractivity contribution < 1.29 is 22.8 Å². The quantitative estimate of drug-likeness (QED) is 0.886. The van der Waals surface area contributed by atoms with Gasteiger partial charge in [-0.3, -0.25) is 9.59 Å². The smallest absolute Gasteiger partial charge is 0.336 e. The van der Waals surface area contributed by atoms with Crippen LogP contribution in [-0.2, 0) is 11.0 Å². The van der Waals surface area contributed by atoms with E-state index < -0.39 is 17.6 Å². The molecule has 1 aromatic rings. The summed E-state index contributed by atoms with van der Waals surface area (Å²) >= 11 is 0. The largest absolute Gasteiger partial charge is 0.416 e. The lowest BCUT2D eigenvalue weighted by molar-refractivity contribution is -0.137. The minimum atomic E-state index is -4.58. The Balaban J connectivity index is 1.97. The highest BCUT2D eigenvalue weighted by molar-refractivity contribution is 5.99. The van der Waals surface area contributed by atoms with Crippen LogP contribution in [0.4, 0.5) is 18.9 Å². The SMILES string of the molecule is C[C@@H]1CN(C(=O)c2cc(N3CCCC3=O)cc(C(F)(F)F)c2)CCN1. The molecule has 3 rings (SSSR count). The highest BCUT2D eigenvalue weighted by Gasteiger charge is 2.34. The molecule has 0 aromatic heterocycles. The summed E-state index contributed by atoms with van der Waals surface area (Å²) in [6.07, 6.45) is -3.66. The second-order valence-corrected chi connectivity index (χ2v) is 6.52. The fourth-order valence-electron chi connectivity index (χ4n) is 3.27. The third kappa shape index (κ3) is 3.78. The van der Waals surface area contributed by atoms with Crippen molar-refractivity contribution in [2.24, 2.45) is 0 Å². The Labute approximate surface area is 143 Å². The van der Waals surface area contributed by atoms with E-state index in [1.807, 2.05) is 6.92 Å². The van der Waals surface area contributed by atoms with Crippen LogP contribution in [0, 0.1) is 0 Å². The number of halogens is 3. The van der Waals surface area contributed by atoms with Gasteiger partial charge in [0, 0.05) is 49.9 Å². The molecule has 136 valence electrons. The molecule has 25 heavy (non-hydrogen) atoms. The lowest BCUT2D eigenvalue weighted by Gasteiger charge is -2.32. The summed E-state index contributed by atoms with van der Waals surface area (Å²) in [4.78, 5) is 27.5. The molecule has 0 spiro atoms. The molecule has 0 unspecified atom stereocenters. The second kappa shape index (κ2) is 6.67. The normalized spacial score (nSPS) is 21.8. The summed E-state index contributed by atoms with van der Waals surface area (Å²) in [6, 6.07) is 3.30. The molecule has 2 fully saturated rings. The van der Waals surface area contributed by atoms with Gasteiger partial charge in [-0.1, -0.05) is 0 Å². The monoisotopic (exact) mass is 355 g/mol. The molecule has 0 aliphatic carbocycles. The number of hydrogen-bond acceptors (Lipinski definition) is 3. The average molecular weight is 355 g/mol. The maximum absolute atomic E-state index is 13.3. The molecule has 2 amide bonds. The molecular formula is C17H20F3N3O2. The van der Waals surface area contributed by atoms with Gasteiger partial charge < -0.3 is 15.1 Å². The number of carbonyl (C=O) groups excluding carboxylic acids is 2. The van der Waals surface area contributed by atoms with Crippen LogP contribution in [0.25, 0.3) is 0 Å². The van der Waals surface area contributed by atoms with Crippen LogP contribution >= 0.6 is 0 Å². The number of rotatable bonds is 2. The number of piperazine rings is 1. The van der Waals surface area contributed by atoms with Crippen molar-refractivity contribution in [3.8, 4) is 0 Å². The zero-order chi connectivity index (χ0) is 18.2. The predicted octanol–water partition coefficient (Wildman–Crippen LogP) is 2.27. The lowest BCUT2D eigenvalue weighted by Crippen LogP contribution is -2.51. The summed E-state index contributed by atoms with van der Waals surface area (Å²) in [7, 11) is 0. The number of alkyl halides is 3. The first kappa shape index (κ1) is 17.7. The predicted molar refractivity (Wildman–Crippen MR) is 86.4 cm³/mol. The van der Waals surface area contributed by atoms with Crippen LogP contribution in [0.15, 0.2) is 18.2 Å². The highest BCUT2D eigenvalue weighted by atomic mass is 19.4. The van der Waals surface area contributed by atoms with Crippen molar-refractivity contribution in [1.29, 1.82) is 0 Å². The molecule has 5 nitrogen and oxygen atoms in total.